The first kappa shape index (κ1) is 35.3. The number of hydrogen-bond acceptors (Lipinski definition) is 4. The minimum absolute atomic E-state index is 0.650. The Labute approximate surface area is 370 Å². The van der Waals surface area contributed by atoms with Gasteiger partial charge in [-0.3, -0.25) is 4.57 Å². The van der Waals surface area contributed by atoms with Crippen LogP contribution in [0.4, 0.5) is 0 Å². The molecular weight excluding hydrogens is 801 g/mol. The van der Waals surface area contributed by atoms with E-state index in [0.717, 1.165) is 98.5 Å². The van der Waals surface area contributed by atoms with E-state index in [1.807, 2.05) is 12.1 Å². The predicted octanol–water partition coefficient (Wildman–Crippen LogP) is 15.9. The number of nitrogens with zero attached hydrogens (tertiary/aromatic N) is 4. The molecule has 6 heteroatoms. The van der Waals surface area contributed by atoms with Gasteiger partial charge in [-0.05, 0) is 65.0 Å². The Morgan fingerprint density at radius 3 is 1.98 bits per heavy atom. The Morgan fingerprint density at radius 1 is 0.406 bits per heavy atom. The van der Waals surface area contributed by atoms with Crippen molar-refractivity contribution in [3.8, 4) is 44.5 Å². The number of para-hydroxylation sites is 3. The number of furan rings is 1. The van der Waals surface area contributed by atoms with Gasteiger partial charge in [0.1, 0.15) is 11.2 Å². The molecule has 0 saturated carbocycles. The van der Waals surface area contributed by atoms with Gasteiger partial charge in [-0.15, -0.1) is 11.3 Å². The Balaban J connectivity index is 1.04. The van der Waals surface area contributed by atoms with Crippen molar-refractivity contribution in [3.63, 3.8) is 0 Å². The summed E-state index contributed by atoms with van der Waals surface area (Å²) < 4.78 is 12.1. The van der Waals surface area contributed by atoms with Crippen molar-refractivity contribution in [1.29, 1.82) is 0 Å². The van der Waals surface area contributed by atoms with Gasteiger partial charge in [-0.1, -0.05) is 158 Å². The van der Waals surface area contributed by atoms with E-state index < -0.39 is 0 Å². The van der Waals surface area contributed by atoms with Crippen molar-refractivity contribution in [1.82, 2.24) is 19.1 Å². The summed E-state index contributed by atoms with van der Waals surface area (Å²) in [7, 11) is 0. The third-order valence-corrected chi connectivity index (χ3v) is 14.1. The fourth-order valence-electron chi connectivity index (χ4n) is 10.1. The van der Waals surface area contributed by atoms with Crippen LogP contribution in [0.25, 0.3) is 131 Å². The van der Waals surface area contributed by atoms with E-state index in [1.54, 1.807) is 11.3 Å². The summed E-state index contributed by atoms with van der Waals surface area (Å²) >= 11 is 1.75. The highest BCUT2D eigenvalue weighted by Gasteiger charge is 2.23. The van der Waals surface area contributed by atoms with Crippen LogP contribution in [0.1, 0.15) is 0 Å². The molecule has 14 aromatic rings. The van der Waals surface area contributed by atoms with Crippen molar-refractivity contribution in [2.45, 2.75) is 0 Å². The summed E-state index contributed by atoms with van der Waals surface area (Å²) in [4.78, 5) is 12.1. The van der Waals surface area contributed by atoms with Crippen LogP contribution in [0.5, 0.6) is 0 Å². The normalized spacial score (nSPS) is 12.1. The lowest BCUT2D eigenvalue weighted by atomic mass is 9.99. The smallest absolute Gasteiger partial charge is 0.235 e. The molecule has 0 amide bonds. The molecule has 14 rings (SSSR count). The van der Waals surface area contributed by atoms with Crippen molar-refractivity contribution >= 4 is 97.9 Å². The molecule has 0 N–H and O–H groups in total. The molecule has 298 valence electrons. The molecular formula is C58H34N4OS. The molecule has 5 heterocycles. The topological polar surface area (TPSA) is 48.8 Å². The molecule has 0 aliphatic heterocycles. The second-order valence-corrected chi connectivity index (χ2v) is 17.6. The third kappa shape index (κ3) is 5.17. The highest BCUT2D eigenvalue weighted by Crippen LogP contribution is 2.44. The van der Waals surface area contributed by atoms with E-state index in [4.69, 9.17) is 14.4 Å². The molecule has 0 aliphatic rings. The van der Waals surface area contributed by atoms with Crippen LogP contribution in [0, 0.1) is 0 Å². The van der Waals surface area contributed by atoms with E-state index in [2.05, 4.69) is 203 Å². The van der Waals surface area contributed by atoms with Gasteiger partial charge in [0.15, 0.2) is 0 Å². The molecule has 0 bridgehead atoms. The molecule has 0 spiro atoms. The summed E-state index contributed by atoms with van der Waals surface area (Å²) in [5.41, 5.74) is 13.7. The maximum absolute atomic E-state index is 6.28. The van der Waals surface area contributed by atoms with Gasteiger partial charge < -0.3 is 8.98 Å². The zero-order chi connectivity index (χ0) is 41.9. The van der Waals surface area contributed by atoms with Crippen LogP contribution in [-0.2, 0) is 0 Å². The second kappa shape index (κ2) is 13.6. The van der Waals surface area contributed by atoms with E-state index >= 15 is 0 Å². The van der Waals surface area contributed by atoms with Crippen molar-refractivity contribution in [2.75, 3.05) is 0 Å². The zero-order valence-electron chi connectivity index (χ0n) is 34.2. The van der Waals surface area contributed by atoms with Crippen LogP contribution in [-0.4, -0.2) is 19.1 Å². The average molecular weight is 835 g/mol. The third-order valence-electron chi connectivity index (χ3n) is 12.9. The van der Waals surface area contributed by atoms with Gasteiger partial charge in [0.05, 0.1) is 38.0 Å². The van der Waals surface area contributed by atoms with Gasteiger partial charge in [-0.2, -0.15) is 0 Å². The first-order valence-electron chi connectivity index (χ1n) is 21.6. The van der Waals surface area contributed by atoms with E-state index in [1.165, 1.54) is 26.6 Å². The van der Waals surface area contributed by atoms with Crippen LogP contribution in [0.2, 0.25) is 0 Å². The predicted molar refractivity (Wildman–Crippen MR) is 267 cm³/mol. The van der Waals surface area contributed by atoms with Crippen LogP contribution >= 0.6 is 11.3 Å². The summed E-state index contributed by atoms with van der Waals surface area (Å²) in [6, 6.07) is 73.7. The quantitative estimate of drug-likeness (QED) is 0.174. The van der Waals surface area contributed by atoms with Gasteiger partial charge in [-0.25, -0.2) is 9.97 Å². The second-order valence-electron chi connectivity index (χ2n) is 16.5. The number of benzene rings is 9. The number of thiophene rings is 1. The molecule has 64 heavy (non-hydrogen) atoms. The minimum Gasteiger partial charge on any atom is -0.456 e. The molecule has 0 unspecified atom stereocenters. The monoisotopic (exact) mass is 834 g/mol. The van der Waals surface area contributed by atoms with Gasteiger partial charge in [0.25, 0.3) is 0 Å². The van der Waals surface area contributed by atoms with Crippen LogP contribution in [0.15, 0.2) is 211 Å². The lowest BCUT2D eigenvalue weighted by molar-refractivity contribution is 0.669. The standard InChI is InChI=1S/C58H34N4OS/c1-3-15-36(16-4-1)53-34-48-57(64-53)54(37-17-5-2-6-18-37)60-58(59-48)62-50-30-27-38(32-46(50)45-29-26-35-14-7-8-19-40(35)56(45)62)41-22-13-23-44-42-20-9-11-24-49(42)61(55(41)44)39-28-31-52-47(33-39)43-21-10-12-25-51(43)63-52/h1-34H. The average Bonchev–Trinajstić information content (AvgIpc) is 4.13. The fourth-order valence-corrected chi connectivity index (χ4v) is 11.2. The highest BCUT2D eigenvalue weighted by atomic mass is 32.1. The molecule has 0 saturated heterocycles. The Morgan fingerprint density at radius 2 is 1.11 bits per heavy atom. The van der Waals surface area contributed by atoms with Crippen LogP contribution in [0.3, 0.4) is 0 Å². The van der Waals surface area contributed by atoms with Crippen molar-refractivity contribution in [3.05, 3.63) is 206 Å². The lowest BCUT2D eigenvalue weighted by Gasteiger charge is -2.13. The Hall–Kier alpha value is -8.32. The minimum atomic E-state index is 0.650. The zero-order valence-corrected chi connectivity index (χ0v) is 35.1. The molecule has 0 aliphatic carbocycles. The number of hydrogen-bond donors (Lipinski definition) is 0. The van der Waals surface area contributed by atoms with Crippen molar-refractivity contribution < 1.29 is 4.42 Å². The van der Waals surface area contributed by atoms with Crippen molar-refractivity contribution in [2.24, 2.45) is 0 Å². The van der Waals surface area contributed by atoms with Gasteiger partial charge >= 0.3 is 0 Å². The number of fused-ring (bicyclic) bond motifs is 12. The largest absolute Gasteiger partial charge is 0.456 e. The molecule has 0 fully saturated rings. The van der Waals surface area contributed by atoms with E-state index in [-0.39, 0.29) is 0 Å². The summed E-state index contributed by atoms with van der Waals surface area (Å²) in [6.07, 6.45) is 0. The Kier molecular flexibility index (Phi) is 7.49. The van der Waals surface area contributed by atoms with E-state index in [9.17, 15) is 0 Å². The maximum atomic E-state index is 6.28. The summed E-state index contributed by atoms with van der Waals surface area (Å²) in [5.74, 6) is 0.650. The van der Waals surface area contributed by atoms with Gasteiger partial charge in [0.2, 0.25) is 5.95 Å². The molecule has 9 aromatic carbocycles. The number of aromatic nitrogens is 4. The first-order valence-corrected chi connectivity index (χ1v) is 22.4. The first-order chi connectivity index (χ1) is 31.7. The fraction of sp³-hybridized carbons (Fsp3) is 0. The number of rotatable bonds is 5. The van der Waals surface area contributed by atoms with Gasteiger partial charge in [0, 0.05) is 59.4 Å². The maximum Gasteiger partial charge on any atom is 0.235 e. The lowest BCUT2D eigenvalue weighted by Crippen LogP contribution is -2.03. The SMILES string of the molecule is c1ccc(-c2cc3nc(-n4c5ccc(-c6cccc7c8ccccc8n(-c8ccc9oc%10ccccc%10c9c8)c67)cc5c5ccc6ccccc6c54)nc(-c4ccccc4)c3s2)cc1. The van der Waals surface area contributed by atoms with Crippen LogP contribution < -0.4 is 0 Å². The highest BCUT2D eigenvalue weighted by molar-refractivity contribution is 7.22. The summed E-state index contributed by atoms with van der Waals surface area (Å²) in [6.45, 7) is 0. The van der Waals surface area contributed by atoms with E-state index in [0.29, 0.717) is 5.95 Å². The molecule has 0 radical (unpaired) electrons. The molecule has 5 aromatic heterocycles. The molecule has 5 nitrogen and oxygen atoms in total. The molecule has 0 atom stereocenters. The Bertz CT molecular complexity index is 4190. The summed E-state index contributed by atoms with van der Waals surface area (Å²) in [5, 5.41) is 9.26.